The zero-order valence-corrected chi connectivity index (χ0v) is 12.9. The lowest BCUT2D eigenvalue weighted by Gasteiger charge is -2.45. The van der Waals surface area contributed by atoms with Crippen LogP contribution in [-0.4, -0.2) is 11.7 Å². The van der Waals surface area contributed by atoms with Crippen LogP contribution in [-0.2, 0) is 0 Å². The quantitative estimate of drug-likeness (QED) is 0.884. The van der Waals surface area contributed by atoms with Crippen LogP contribution in [0.5, 0.6) is 0 Å². The number of hydrogen-bond acceptors (Lipinski definition) is 2. The summed E-state index contributed by atoms with van der Waals surface area (Å²) in [5.41, 5.74) is 6.46. The molecule has 1 aliphatic rings. The molecule has 0 bridgehead atoms. The molecule has 1 aliphatic carbocycles. The van der Waals surface area contributed by atoms with Gasteiger partial charge in [-0.15, -0.1) is 0 Å². The molecule has 112 valence electrons. The number of nitrogens with two attached hydrogens (primary N) is 1. The van der Waals surface area contributed by atoms with Gasteiger partial charge < -0.3 is 10.8 Å². The van der Waals surface area contributed by atoms with Gasteiger partial charge in [0.15, 0.2) is 0 Å². The topological polar surface area (TPSA) is 46.2 Å². The Morgan fingerprint density at radius 3 is 2.40 bits per heavy atom. The molecule has 0 aromatic heterocycles. The molecule has 2 nitrogen and oxygen atoms in total. The van der Waals surface area contributed by atoms with Gasteiger partial charge in [-0.25, -0.2) is 4.39 Å². The maximum atomic E-state index is 13.6. The normalized spacial score (nSPS) is 22.5. The van der Waals surface area contributed by atoms with Crippen molar-refractivity contribution in [2.75, 3.05) is 6.54 Å². The highest BCUT2D eigenvalue weighted by Gasteiger charge is 2.43. The molecule has 0 spiro atoms. The van der Waals surface area contributed by atoms with Crippen molar-refractivity contribution in [3.63, 3.8) is 0 Å². The summed E-state index contributed by atoms with van der Waals surface area (Å²) in [7, 11) is 0. The van der Waals surface area contributed by atoms with E-state index in [4.69, 9.17) is 17.3 Å². The van der Waals surface area contributed by atoms with E-state index in [9.17, 15) is 9.50 Å². The SMILES string of the molecule is CC1(C)CCC(CN)(C(O)c2ccc(Cl)c(F)c2)CC1. The minimum absolute atomic E-state index is 0.0764. The minimum atomic E-state index is -0.740. The molecule has 1 unspecified atom stereocenters. The van der Waals surface area contributed by atoms with Crippen LogP contribution in [0.15, 0.2) is 18.2 Å². The van der Waals surface area contributed by atoms with Crippen molar-refractivity contribution in [3.05, 3.63) is 34.6 Å². The molecule has 1 atom stereocenters. The molecular formula is C16H23ClFNO. The second-order valence-electron chi connectivity index (χ2n) is 6.81. The molecule has 0 aliphatic heterocycles. The largest absolute Gasteiger partial charge is 0.388 e. The van der Waals surface area contributed by atoms with E-state index < -0.39 is 11.9 Å². The fourth-order valence-corrected chi connectivity index (χ4v) is 3.17. The van der Waals surface area contributed by atoms with Gasteiger partial charge in [-0.05, 0) is 48.8 Å². The summed E-state index contributed by atoms with van der Waals surface area (Å²) in [5, 5.41) is 10.8. The van der Waals surface area contributed by atoms with Crippen LogP contribution in [0, 0.1) is 16.6 Å². The Kier molecular flexibility index (Phi) is 4.43. The second kappa shape index (κ2) is 5.63. The lowest BCUT2D eigenvalue weighted by atomic mass is 9.62. The number of aliphatic hydroxyl groups excluding tert-OH is 1. The molecule has 0 saturated heterocycles. The molecule has 0 radical (unpaired) electrons. The predicted octanol–water partition coefficient (Wildman–Crippen LogP) is 4.06. The van der Waals surface area contributed by atoms with E-state index >= 15 is 0 Å². The van der Waals surface area contributed by atoms with Crippen LogP contribution >= 0.6 is 11.6 Å². The first-order valence-electron chi connectivity index (χ1n) is 7.13. The fraction of sp³-hybridized carbons (Fsp3) is 0.625. The van der Waals surface area contributed by atoms with Crippen molar-refractivity contribution in [2.45, 2.75) is 45.6 Å². The average molecular weight is 300 g/mol. The van der Waals surface area contributed by atoms with Crippen LogP contribution < -0.4 is 5.73 Å². The Morgan fingerprint density at radius 2 is 1.90 bits per heavy atom. The van der Waals surface area contributed by atoms with Crippen molar-refractivity contribution >= 4 is 11.6 Å². The summed E-state index contributed by atoms with van der Waals surface area (Å²) < 4.78 is 13.6. The first kappa shape index (κ1) is 15.7. The molecule has 0 heterocycles. The van der Waals surface area contributed by atoms with E-state index in [1.54, 1.807) is 6.07 Å². The number of benzene rings is 1. The summed E-state index contributed by atoms with van der Waals surface area (Å²) in [6.07, 6.45) is 3.04. The highest BCUT2D eigenvalue weighted by atomic mass is 35.5. The molecule has 20 heavy (non-hydrogen) atoms. The Hall–Kier alpha value is -0.640. The van der Waals surface area contributed by atoms with E-state index in [0.29, 0.717) is 17.5 Å². The van der Waals surface area contributed by atoms with Gasteiger partial charge in [-0.3, -0.25) is 0 Å². The van der Waals surface area contributed by atoms with Gasteiger partial charge >= 0.3 is 0 Å². The van der Waals surface area contributed by atoms with Crippen molar-refractivity contribution in [2.24, 2.45) is 16.6 Å². The van der Waals surface area contributed by atoms with E-state index in [1.165, 1.54) is 12.1 Å². The van der Waals surface area contributed by atoms with Gasteiger partial charge in [0.2, 0.25) is 0 Å². The van der Waals surface area contributed by atoms with Crippen molar-refractivity contribution in [1.29, 1.82) is 0 Å². The fourth-order valence-electron chi connectivity index (χ4n) is 3.05. The molecule has 1 aromatic rings. The van der Waals surface area contributed by atoms with Crippen molar-refractivity contribution in [1.82, 2.24) is 0 Å². The molecule has 1 saturated carbocycles. The van der Waals surface area contributed by atoms with Crippen LogP contribution in [0.1, 0.15) is 51.2 Å². The molecule has 0 amide bonds. The third kappa shape index (κ3) is 3.00. The van der Waals surface area contributed by atoms with Gasteiger partial charge in [-0.1, -0.05) is 31.5 Å². The van der Waals surface area contributed by atoms with Gasteiger partial charge in [0.25, 0.3) is 0 Å². The first-order chi connectivity index (χ1) is 9.30. The van der Waals surface area contributed by atoms with Gasteiger partial charge in [-0.2, -0.15) is 0 Å². The third-order valence-electron chi connectivity index (χ3n) is 4.85. The Bertz CT molecular complexity index is 479. The molecule has 1 aromatic carbocycles. The summed E-state index contributed by atoms with van der Waals surface area (Å²) in [6, 6.07) is 4.50. The van der Waals surface area contributed by atoms with Crippen molar-refractivity contribution in [3.8, 4) is 0 Å². The lowest BCUT2D eigenvalue weighted by molar-refractivity contribution is -0.0237. The number of halogens is 2. The summed E-state index contributed by atoms with van der Waals surface area (Å²) >= 11 is 5.70. The van der Waals surface area contributed by atoms with Crippen LogP contribution in [0.2, 0.25) is 5.02 Å². The molecule has 2 rings (SSSR count). The van der Waals surface area contributed by atoms with Gasteiger partial charge in [0.05, 0.1) is 11.1 Å². The second-order valence-corrected chi connectivity index (χ2v) is 7.21. The van der Waals surface area contributed by atoms with Crippen LogP contribution in [0.4, 0.5) is 4.39 Å². The molecule has 3 N–H and O–H groups in total. The van der Waals surface area contributed by atoms with Crippen LogP contribution in [0.3, 0.4) is 0 Å². The van der Waals surface area contributed by atoms with E-state index in [0.717, 1.165) is 25.7 Å². The summed E-state index contributed by atoms with van der Waals surface area (Å²) in [4.78, 5) is 0. The molecular weight excluding hydrogens is 277 g/mol. The van der Waals surface area contributed by atoms with E-state index in [2.05, 4.69) is 13.8 Å². The van der Waals surface area contributed by atoms with E-state index in [1.807, 2.05) is 0 Å². The summed E-state index contributed by atoms with van der Waals surface area (Å²) in [6.45, 7) is 4.89. The highest BCUT2D eigenvalue weighted by Crippen LogP contribution is 2.50. The number of hydrogen-bond donors (Lipinski definition) is 2. The molecule has 4 heteroatoms. The maximum Gasteiger partial charge on any atom is 0.142 e. The monoisotopic (exact) mass is 299 g/mol. The lowest BCUT2D eigenvalue weighted by Crippen LogP contribution is -2.41. The number of aliphatic hydroxyl groups is 1. The highest BCUT2D eigenvalue weighted by molar-refractivity contribution is 6.30. The predicted molar refractivity (Wildman–Crippen MR) is 80.1 cm³/mol. The maximum absolute atomic E-state index is 13.6. The zero-order chi connectivity index (χ0) is 15.0. The smallest absolute Gasteiger partial charge is 0.142 e. The average Bonchev–Trinajstić information content (AvgIpc) is 2.42. The number of rotatable bonds is 3. The Morgan fingerprint density at radius 1 is 1.30 bits per heavy atom. The zero-order valence-electron chi connectivity index (χ0n) is 12.1. The van der Waals surface area contributed by atoms with E-state index in [-0.39, 0.29) is 10.4 Å². The summed E-state index contributed by atoms with van der Waals surface area (Å²) in [5.74, 6) is -0.494. The van der Waals surface area contributed by atoms with Crippen molar-refractivity contribution < 1.29 is 9.50 Å². The van der Waals surface area contributed by atoms with Crippen LogP contribution in [0.25, 0.3) is 0 Å². The standard InChI is InChI=1S/C16H23ClFNO/c1-15(2)5-7-16(10-19,8-6-15)14(20)11-3-4-12(17)13(18)9-11/h3-4,9,14,20H,5-8,10,19H2,1-2H3. The van der Waals surface area contributed by atoms with Gasteiger partial charge in [0, 0.05) is 12.0 Å². The Balaban J connectivity index is 2.25. The first-order valence-corrected chi connectivity index (χ1v) is 7.51. The third-order valence-corrected chi connectivity index (χ3v) is 5.15. The Labute approximate surface area is 125 Å². The molecule has 1 fully saturated rings. The van der Waals surface area contributed by atoms with Gasteiger partial charge in [0.1, 0.15) is 5.82 Å². The minimum Gasteiger partial charge on any atom is -0.388 e.